The number of unbranched alkanes of at least 4 members (excludes halogenated alkanes) is 6. The van der Waals surface area contributed by atoms with Crippen molar-refractivity contribution in [2.75, 3.05) is 0 Å². The van der Waals surface area contributed by atoms with Gasteiger partial charge in [-0.25, -0.2) is 0 Å². The Kier molecular flexibility index (Phi) is 8.47. The number of aromatic nitrogens is 2. The maximum absolute atomic E-state index is 9.74. The van der Waals surface area contributed by atoms with Crippen molar-refractivity contribution in [1.82, 2.24) is 10.1 Å². The molecule has 1 aromatic heterocycles. The molecule has 1 rings (SSSR count). The Balaban J connectivity index is 2.13. The minimum atomic E-state index is -0.573. The predicted octanol–water partition coefficient (Wildman–Crippen LogP) is 4.20. The highest BCUT2D eigenvalue weighted by Crippen LogP contribution is 2.16. The third-order valence-corrected chi connectivity index (χ3v) is 3.34. The highest BCUT2D eigenvalue weighted by Gasteiger charge is 2.14. The second-order valence-electron chi connectivity index (χ2n) is 5.22. The molecule has 0 fully saturated rings. The van der Waals surface area contributed by atoms with Gasteiger partial charge in [-0.05, 0) is 12.8 Å². The maximum Gasteiger partial charge on any atom is 0.226 e. The zero-order chi connectivity index (χ0) is 13.9. The van der Waals surface area contributed by atoms with Gasteiger partial charge in [0.1, 0.15) is 6.10 Å². The average Bonchev–Trinajstić information content (AvgIpc) is 2.87. The first kappa shape index (κ1) is 16.2. The van der Waals surface area contributed by atoms with Crippen molar-refractivity contribution in [2.45, 2.75) is 84.2 Å². The molecule has 19 heavy (non-hydrogen) atoms. The van der Waals surface area contributed by atoms with Gasteiger partial charge in [0.15, 0.2) is 5.82 Å². The summed E-state index contributed by atoms with van der Waals surface area (Å²) in [5.41, 5.74) is 0. The van der Waals surface area contributed by atoms with Crippen molar-refractivity contribution >= 4 is 0 Å². The van der Waals surface area contributed by atoms with E-state index in [-0.39, 0.29) is 0 Å². The summed E-state index contributed by atoms with van der Waals surface area (Å²) >= 11 is 0. The lowest BCUT2D eigenvalue weighted by molar-refractivity contribution is 0.152. The molecule has 0 amide bonds. The Morgan fingerprint density at radius 3 is 2.37 bits per heavy atom. The van der Waals surface area contributed by atoms with E-state index >= 15 is 0 Å². The molecule has 4 nitrogen and oxygen atoms in total. The summed E-state index contributed by atoms with van der Waals surface area (Å²) < 4.78 is 5.16. The van der Waals surface area contributed by atoms with E-state index in [1.165, 1.54) is 38.5 Å². The summed E-state index contributed by atoms with van der Waals surface area (Å²) in [5, 5.41) is 13.6. The Bertz CT molecular complexity index is 326. The van der Waals surface area contributed by atoms with Crippen molar-refractivity contribution in [2.24, 2.45) is 0 Å². The number of aliphatic hydroxyl groups excluding tert-OH is 1. The van der Waals surface area contributed by atoms with Crippen molar-refractivity contribution in [3.8, 4) is 0 Å². The number of hydrogen-bond acceptors (Lipinski definition) is 4. The van der Waals surface area contributed by atoms with Gasteiger partial charge in [0.2, 0.25) is 5.89 Å². The summed E-state index contributed by atoms with van der Waals surface area (Å²) in [5.74, 6) is 1.11. The Morgan fingerprint density at radius 2 is 1.68 bits per heavy atom. The van der Waals surface area contributed by atoms with Gasteiger partial charge in [0, 0.05) is 6.42 Å². The van der Waals surface area contributed by atoms with Crippen LogP contribution in [0, 0.1) is 0 Å². The van der Waals surface area contributed by atoms with Crippen molar-refractivity contribution in [1.29, 1.82) is 0 Å². The molecule has 1 unspecified atom stereocenters. The highest BCUT2D eigenvalue weighted by atomic mass is 16.5. The molecule has 1 heterocycles. The van der Waals surface area contributed by atoms with Crippen molar-refractivity contribution < 1.29 is 9.63 Å². The molecule has 0 aromatic carbocycles. The van der Waals surface area contributed by atoms with Gasteiger partial charge < -0.3 is 9.63 Å². The number of nitrogens with zero attached hydrogens (tertiary/aromatic N) is 2. The van der Waals surface area contributed by atoms with Gasteiger partial charge in [0.25, 0.3) is 0 Å². The molecule has 0 aliphatic rings. The molecule has 0 saturated heterocycles. The molecule has 0 spiro atoms. The first-order valence-corrected chi connectivity index (χ1v) is 7.78. The van der Waals surface area contributed by atoms with E-state index in [0.29, 0.717) is 18.1 Å². The first-order valence-electron chi connectivity index (χ1n) is 7.78. The number of aryl methyl sites for hydroxylation is 1. The summed E-state index contributed by atoms with van der Waals surface area (Å²) in [6.07, 6.45) is 10.8. The standard InChI is InChI=1S/C15H28N2O2/c1-3-5-6-7-8-9-10-12-14-16-15(17-19-14)13(18)11-4-2/h13,18H,3-12H2,1-2H3. The van der Waals surface area contributed by atoms with Crippen LogP contribution in [0.4, 0.5) is 0 Å². The lowest BCUT2D eigenvalue weighted by Gasteiger charge is -2.01. The minimum Gasteiger partial charge on any atom is -0.385 e. The normalized spacial score (nSPS) is 12.8. The van der Waals surface area contributed by atoms with Crippen LogP contribution in [-0.2, 0) is 6.42 Å². The van der Waals surface area contributed by atoms with E-state index in [0.717, 1.165) is 19.3 Å². The maximum atomic E-state index is 9.74. The van der Waals surface area contributed by atoms with Gasteiger partial charge in [-0.2, -0.15) is 4.98 Å². The fourth-order valence-electron chi connectivity index (χ4n) is 2.14. The second kappa shape index (κ2) is 9.96. The van der Waals surface area contributed by atoms with Crippen LogP contribution >= 0.6 is 0 Å². The van der Waals surface area contributed by atoms with E-state index in [1.54, 1.807) is 0 Å². The largest absolute Gasteiger partial charge is 0.385 e. The summed E-state index contributed by atoms with van der Waals surface area (Å²) in [6.45, 7) is 4.27. The monoisotopic (exact) mass is 268 g/mol. The van der Waals surface area contributed by atoms with E-state index in [2.05, 4.69) is 17.1 Å². The van der Waals surface area contributed by atoms with Crippen LogP contribution in [0.5, 0.6) is 0 Å². The molecule has 0 saturated carbocycles. The molecule has 0 radical (unpaired) electrons. The van der Waals surface area contributed by atoms with Crippen molar-refractivity contribution in [3.05, 3.63) is 11.7 Å². The third kappa shape index (κ3) is 6.71. The van der Waals surface area contributed by atoms with Crippen LogP contribution in [-0.4, -0.2) is 15.2 Å². The highest BCUT2D eigenvalue weighted by molar-refractivity contribution is 4.90. The van der Waals surface area contributed by atoms with Gasteiger partial charge in [-0.3, -0.25) is 0 Å². The van der Waals surface area contributed by atoms with E-state index in [4.69, 9.17) is 4.52 Å². The molecule has 4 heteroatoms. The zero-order valence-electron chi connectivity index (χ0n) is 12.4. The summed E-state index contributed by atoms with van der Waals surface area (Å²) in [6, 6.07) is 0. The summed E-state index contributed by atoms with van der Waals surface area (Å²) in [4.78, 5) is 4.25. The minimum absolute atomic E-state index is 0.444. The number of aliphatic hydroxyl groups is 1. The summed E-state index contributed by atoms with van der Waals surface area (Å²) in [7, 11) is 0. The molecule has 1 aromatic rings. The van der Waals surface area contributed by atoms with Gasteiger partial charge in [0.05, 0.1) is 0 Å². The SMILES string of the molecule is CCCCCCCCCc1nc(C(O)CCC)no1. The molecule has 0 aliphatic carbocycles. The molecule has 110 valence electrons. The van der Waals surface area contributed by atoms with Crippen LogP contribution in [0.25, 0.3) is 0 Å². The third-order valence-electron chi connectivity index (χ3n) is 3.34. The molecule has 1 atom stereocenters. The van der Waals surface area contributed by atoms with Crippen LogP contribution < -0.4 is 0 Å². The topological polar surface area (TPSA) is 59.2 Å². The molecule has 1 N–H and O–H groups in total. The Morgan fingerprint density at radius 1 is 1.00 bits per heavy atom. The average molecular weight is 268 g/mol. The van der Waals surface area contributed by atoms with E-state index in [9.17, 15) is 5.11 Å². The fraction of sp³-hybridized carbons (Fsp3) is 0.867. The van der Waals surface area contributed by atoms with Gasteiger partial charge in [-0.15, -0.1) is 0 Å². The van der Waals surface area contributed by atoms with Crippen LogP contribution in [0.2, 0.25) is 0 Å². The molecular formula is C15H28N2O2. The number of rotatable bonds is 11. The van der Waals surface area contributed by atoms with Crippen LogP contribution in [0.3, 0.4) is 0 Å². The van der Waals surface area contributed by atoms with Crippen molar-refractivity contribution in [3.63, 3.8) is 0 Å². The van der Waals surface area contributed by atoms with Gasteiger partial charge >= 0.3 is 0 Å². The molecule has 0 bridgehead atoms. The Labute approximate surface area is 116 Å². The zero-order valence-corrected chi connectivity index (χ0v) is 12.4. The molecule has 0 aliphatic heterocycles. The van der Waals surface area contributed by atoms with Crippen LogP contribution in [0.15, 0.2) is 4.52 Å². The molecular weight excluding hydrogens is 240 g/mol. The van der Waals surface area contributed by atoms with E-state index in [1.807, 2.05) is 6.92 Å². The number of hydrogen-bond donors (Lipinski definition) is 1. The lowest BCUT2D eigenvalue weighted by Crippen LogP contribution is -1.99. The lowest BCUT2D eigenvalue weighted by atomic mass is 10.1. The smallest absolute Gasteiger partial charge is 0.226 e. The Hall–Kier alpha value is -0.900. The van der Waals surface area contributed by atoms with E-state index < -0.39 is 6.10 Å². The van der Waals surface area contributed by atoms with Gasteiger partial charge in [-0.1, -0.05) is 63.9 Å². The van der Waals surface area contributed by atoms with Crippen LogP contribution in [0.1, 0.15) is 89.5 Å². The second-order valence-corrected chi connectivity index (χ2v) is 5.22. The first-order chi connectivity index (χ1) is 9.27. The quantitative estimate of drug-likeness (QED) is 0.611. The predicted molar refractivity (Wildman–Crippen MR) is 75.9 cm³/mol. The fourth-order valence-corrected chi connectivity index (χ4v) is 2.14.